The molecule has 3 nitrogen and oxygen atoms in total. The van der Waals surface area contributed by atoms with Gasteiger partial charge in [0, 0.05) is 10.4 Å². The molecule has 0 atom stereocenters. The van der Waals surface area contributed by atoms with Crippen molar-refractivity contribution >= 4 is 27.5 Å². The van der Waals surface area contributed by atoms with E-state index in [2.05, 4.69) is 0 Å². The molecular formula is C18H19ClO3S. The smallest absolute Gasteiger partial charge is 0.175 e. The zero-order valence-electron chi connectivity index (χ0n) is 13.3. The van der Waals surface area contributed by atoms with Crippen molar-refractivity contribution in [3.8, 4) is 5.75 Å². The molecule has 0 unspecified atom stereocenters. The maximum Gasteiger partial charge on any atom is 0.175 e. The fourth-order valence-electron chi connectivity index (χ4n) is 2.17. The summed E-state index contributed by atoms with van der Waals surface area (Å²) in [6, 6.07) is 10.8. The number of ether oxygens (including phenoxy) is 1. The van der Waals surface area contributed by atoms with E-state index in [9.17, 15) is 8.42 Å². The van der Waals surface area contributed by atoms with Gasteiger partial charge in [-0.1, -0.05) is 35.9 Å². The molecular weight excluding hydrogens is 332 g/mol. The Labute approximate surface area is 142 Å². The molecule has 2 rings (SSSR count). The lowest BCUT2D eigenvalue weighted by Gasteiger charge is -2.06. The van der Waals surface area contributed by atoms with E-state index in [1.54, 1.807) is 24.3 Å². The third-order valence-corrected chi connectivity index (χ3v) is 5.33. The molecule has 2 aromatic rings. The Morgan fingerprint density at radius 1 is 1.17 bits per heavy atom. The number of halogens is 1. The summed E-state index contributed by atoms with van der Waals surface area (Å²) in [7, 11) is -1.87. The Morgan fingerprint density at radius 2 is 1.91 bits per heavy atom. The number of methoxy groups -OCH3 is 1. The lowest BCUT2D eigenvalue weighted by atomic mass is 10.0. The van der Waals surface area contributed by atoms with Crippen LogP contribution < -0.4 is 4.74 Å². The minimum absolute atomic E-state index is 0.142. The zero-order valence-corrected chi connectivity index (χ0v) is 14.9. The van der Waals surface area contributed by atoms with Crippen molar-refractivity contribution in [1.29, 1.82) is 0 Å². The van der Waals surface area contributed by atoms with E-state index in [1.807, 2.05) is 32.0 Å². The quantitative estimate of drug-likeness (QED) is 0.794. The summed E-state index contributed by atoms with van der Waals surface area (Å²) in [5.74, 6) is 0.457. The summed E-state index contributed by atoms with van der Waals surface area (Å²) in [6.45, 7) is 3.97. The highest BCUT2D eigenvalue weighted by Crippen LogP contribution is 2.24. The molecule has 0 saturated carbocycles. The van der Waals surface area contributed by atoms with Crippen molar-refractivity contribution in [2.45, 2.75) is 19.6 Å². The molecule has 0 fully saturated rings. The molecule has 0 heterocycles. The van der Waals surface area contributed by atoms with Gasteiger partial charge in [-0.2, -0.15) is 0 Å². The Kier molecular flexibility index (Phi) is 5.50. The molecule has 0 amide bonds. The second-order valence-electron chi connectivity index (χ2n) is 5.36. The van der Waals surface area contributed by atoms with Crippen LogP contribution in [0.4, 0.5) is 0 Å². The molecule has 0 aromatic heterocycles. The minimum atomic E-state index is -3.41. The summed E-state index contributed by atoms with van der Waals surface area (Å²) < 4.78 is 29.7. The van der Waals surface area contributed by atoms with E-state index in [0.29, 0.717) is 16.3 Å². The highest BCUT2D eigenvalue weighted by Gasteiger charge is 2.12. The van der Waals surface area contributed by atoms with E-state index < -0.39 is 9.84 Å². The van der Waals surface area contributed by atoms with Crippen LogP contribution in [0, 0.1) is 13.8 Å². The molecule has 5 heteroatoms. The predicted molar refractivity (Wildman–Crippen MR) is 95.6 cm³/mol. The first-order chi connectivity index (χ1) is 10.8. The average Bonchev–Trinajstić information content (AvgIpc) is 2.50. The van der Waals surface area contributed by atoms with Gasteiger partial charge in [0.1, 0.15) is 5.75 Å². The average molecular weight is 351 g/mol. The number of rotatable bonds is 5. The van der Waals surface area contributed by atoms with E-state index in [0.717, 1.165) is 16.7 Å². The molecule has 0 aliphatic heterocycles. The van der Waals surface area contributed by atoms with Crippen molar-refractivity contribution in [3.05, 3.63) is 69.1 Å². The van der Waals surface area contributed by atoms with Crippen LogP contribution in [0.1, 0.15) is 22.3 Å². The van der Waals surface area contributed by atoms with Crippen LogP contribution in [-0.2, 0) is 15.6 Å². The largest absolute Gasteiger partial charge is 0.497 e. The highest BCUT2D eigenvalue weighted by molar-refractivity contribution is 7.93. The summed E-state index contributed by atoms with van der Waals surface area (Å²) >= 11 is 6.11. The fraction of sp³-hybridized carbons (Fsp3) is 0.222. The van der Waals surface area contributed by atoms with Gasteiger partial charge in [0.2, 0.25) is 0 Å². The molecule has 122 valence electrons. The lowest BCUT2D eigenvalue weighted by Crippen LogP contribution is -2.01. The van der Waals surface area contributed by atoms with Gasteiger partial charge in [-0.05, 0) is 54.3 Å². The van der Waals surface area contributed by atoms with E-state index in [1.165, 1.54) is 12.5 Å². The van der Waals surface area contributed by atoms with Crippen molar-refractivity contribution in [2.24, 2.45) is 0 Å². The molecule has 0 aliphatic carbocycles. The van der Waals surface area contributed by atoms with Gasteiger partial charge in [-0.25, -0.2) is 8.42 Å². The number of aryl methyl sites for hydroxylation is 1. The molecule has 0 saturated heterocycles. The van der Waals surface area contributed by atoms with Gasteiger partial charge in [0.05, 0.1) is 12.9 Å². The topological polar surface area (TPSA) is 43.4 Å². The first-order valence-corrected chi connectivity index (χ1v) is 9.21. The van der Waals surface area contributed by atoms with Gasteiger partial charge in [0.25, 0.3) is 0 Å². The highest BCUT2D eigenvalue weighted by atomic mass is 35.5. The molecule has 0 N–H and O–H groups in total. The minimum Gasteiger partial charge on any atom is -0.497 e. The first-order valence-electron chi connectivity index (χ1n) is 7.12. The van der Waals surface area contributed by atoms with Gasteiger partial charge >= 0.3 is 0 Å². The van der Waals surface area contributed by atoms with Crippen LogP contribution >= 0.6 is 11.6 Å². The standard InChI is InChI=1S/C18H19ClO3S/c1-13-5-4-6-15(14(13)2)9-10-23(20,21)12-16-7-8-17(22-3)11-18(16)19/h4-11H,12H2,1-3H3/b10-9-. The second-order valence-corrected chi connectivity index (χ2v) is 7.65. The van der Waals surface area contributed by atoms with Gasteiger partial charge in [0.15, 0.2) is 9.84 Å². The van der Waals surface area contributed by atoms with Crippen LogP contribution in [0.5, 0.6) is 5.75 Å². The molecule has 0 aliphatic rings. The van der Waals surface area contributed by atoms with Crippen LogP contribution in [0.15, 0.2) is 41.8 Å². The van der Waals surface area contributed by atoms with Crippen molar-refractivity contribution in [1.82, 2.24) is 0 Å². The van der Waals surface area contributed by atoms with Crippen molar-refractivity contribution in [3.63, 3.8) is 0 Å². The second kappa shape index (κ2) is 7.20. The van der Waals surface area contributed by atoms with E-state index >= 15 is 0 Å². The molecule has 2 aromatic carbocycles. The van der Waals surface area contributed by atoms with Gasteiger partial charge in [-0.3, -0.25) is 0 Å². The van der Waals surface area contributed by atoms with Gasteiger partial charge < -0.3 is 4.74 Å². The van der Waals surface area contributed by atoms with Crippen LogP contribution in [0.3, 0.4) is 0 Å². The third-order valence-electron chi connectivity index (χ3n) is 3.72. The fourth-order valence-corrected chi connectivity index (χ4v) is 3.62. The Morgan fingerprint density at radius 3 is 2.57 bits per heavy atom. The maximum atomic E-state index is 12.3. The molecule has 23 heavy (non-hydrogen) atoms. The predicted octanol–water partition coefficient (Wildman–Crippen LogP) is 4.55. The van der Waals surface area contributed by atoms with Gasteiger partial charge in [-0.15, -0.1) is 0 Å². The van der Waals surface area contributed by atoms with E-state index in [4.69, 9.17) is 16.3 Å². The SMILES string of the molecule is COc1ccc(CS(=O)(=O)/C=C\c2cccc(C)c2C)c(Cl)c1. The van der Waals surface area contributed by atoms with Crippen LogP contribution in [0.25, 0.3) is 6.08 Å². The normalized spacial score (nSPS) is 11.8. The third kappa shape index (κ3) is 4.60. The monoisotopic (exact) mass is 350 g/mol. The Hall–Kier alpha value is -1.78. The first kappa shape index (κ1) is 17.6. The van der Waals surface area contributed by atoms with Crippen molar-refractivity contribution in [2.75, 3.05) is 7.11 Å². The van der Waals surface area contributed by atoms with Crippen molar-refractivity contribution < 1.29 is 13.2 Å². The number of sulfone groups is 1. The van der Waals surface area contributed by atoms with E-state index in [-0.39, 0.29) is 5.75 Å². The summed E-state index contributed by atoms with van der Waals surface area (Å²) in [5, 5.41) is 1.63. The summed E-state index contributed by atoms with van der Waals surface area (Å²) in [5.41, 5.74) is 3.65. The maximum absolute atomic E-state index is 12.3. The lowest BCUT2D eigenvalue weighted by molar-refractivity contribution is 0.414. The molecule has 0 radical (unpaired) electrons. The Balaban J connectivity index is 2.22. The summed E-state index contributed by atoms with van der Waals surface area (Å²) in [6.07, 6.45) is 1.63. The number of benzene rings is 2. The molecule has 0 spiro atoms. The number of hydrogen-bond donors (Lipinski definition) is 0. The number of hydrogen-bond acceptors (Lipinski definition) is 3. The Bertz CT molecular complexity index is 839. The van der Waals surface area contributed by atoms with Crippen LogP contribution in [0.2, 0.25) is 5.02 Å². The summed E-state index contributed by atoms with van der Waals surface area (Å²) in [4.78, 5) is 0. The van der Waals surface area contributed by atoms with Crippen LogP contribution in [-0.4, -0.2) is 15.5 Å². The zero-order chi connectivity index (χ0) is 17.0. The molecule has 0 bridgehead atoms.